The normalized spacial score (nSPS) is 16.6. The maximum Gasteiger partial charge on any atom is 0.239 e. The van der Waals surface area contributed by atoms with Gasteiger partial charge in [-0.3, -0.25) is 4.79 Å². The Morgan fingerprint density at radius 1 is 1.43 bits per heavy atom. The fraction of sp³-hybridized carbons (Fsp3) is 0.600. The first kappa shape index (κ1) is 15.7. The lowest BCUT2D eigenvalue weighted by Gasteiger charge is -2.27. The molecule has 1 aromatic heterocycles. The summed E-state index contributed by atoms with van der Waals surface area (Å²) in [6.07, 6.45) is 5.59. The van der Waals surface area contributed by atoms with Crippen LogP contribution in [0, 0.1) is 0 Å². The second kappa shape index (κ2) is 7.95. The molecule has 0 radical (unpaired) electrons. The molecule has 0 bridgehead atoms. The van der Waals surface area contributed by atoms with Crippen LogP contribution in [0.25, 0.3) is 0 Å². The summed E-state index contributed by atoms with van der Waals surface area (Å²) in [4.78, 5) is 18.5. The van der Waals surface area contributed by atoms with Crippen molar-refractivity contribution >= 4 is 11.7 Å². The number of carbonyl (C=O) groups is 1. The van der Waals surface area contributed by atoms with Gasteiger partial charge in [0.2, 0.25) is 5.91 Å². The van der Waals surface area contributed by atoms with Crippen molar-refractivity contribution in [3.8, 4) is 0 Å². The summed E-state index contributed by atoms with van der Waals surface area (Å²) < 4.78 is 4.86. The Kier molecular flexibility index (Phi) is 5.95. The number of piperidine rings is 1. The van der Waals surface area contributed by atoms with Crippen molar-refractivity contribution in [2.75, 3.05) is 31.7 Å². The zero-order valence-electron chi connectivity index (χ0n) is 12.5. The average molecular weight is 292 g/mol. The number of pyridine rings is 1. The van der Waals surface area contributed by atoms with Crippen LogP contribution in [0.15, 0.2) is 18.3 Å². The van der Waals surface area contributed by atoms with E-state index in [0.29, 0.717) is 6.54 Å². The molecule has 0 aromatic carbocycles. The SMILES string of the molecule is COCC(N)C(=O)NCc1ccc(N2CCCCC2)nc1. The lowest BCUT2D eigenvalue weighted by molar-refractivity contribution is -0.123. The van der Waals surface area contributed by atoms with Gasteiger partial charge in [0.25, 0.3) is 0 Å². The van der Waals surface area contributed by atoms with E-state index in [4.69, 9.17) is 10.5 Å². The highest BCUT2D eigenvalue weighted by molar-refractivity contribution is 5.81. The van der Waals surface area contributed by atoms with Gasteiger partial charge in [-0.2, -0.15) is 0 Å². The van der Waals surface area contributed by atoms with E-state index in [9.17, 15) is 4.79 Å². The van der Waals surface area contributed by atoms with E-state index in [1.807, 2.05) is 18.3 Å². The number of nitrogens with two attached hydrogens (primary N) is 1. The van der Waals surface area contributed by atoms with Crippen LogP contribution in [0.1, 0.15) is 24.8 Å². The zero-order valence-corrected chi connectivity index (χ0v) is 12.5. The molecule has 1 fully saturated rings. The number of amides is 1. The van der Waals surface area contributed by atoms with E-state index in [2.05, 4.69) is 15.2 Å². The summed E-state index contributed by atoms with van der Waals surface area (Å²) >= 11 is 0. The average Bonchev–Trinajstić information content (AvgIpc) is 2.54. The summed E-state index contributed by atoms with van der Waals surface area (Å²) in [7, 11) is 1.52. The van der Waals surface area contributed by atoms with Crippen LogP contribution in [-0.2, 0) is 16.1 Å². The van der Waals surface area contributed by atoms with Crippen molar-refractivity contribution in [1.82, 2.24) is 10.3 Å². The maximum absolute atomic E-state index is 11.7. The highest BCUT2D eigenvalue weighted by Crippen LogP contribution is 2.17. The molecule has 116 valence electrons. The van der Waals surface area contributed by atoms with Gasteiger partial charge in [0, 0.05) is 32.9 Å². The molecule has 1 atom stereocenters. The van der Waals surface area contributed by atoms with E-state index in [1.165, 1.54) is 26.4 Å². The van der Waals surface area contributed by atoms with Crippen molar-refractivity contribution in [2.45, 2.75) is 31.8 Å². The zero-order chi connectivity index (χ0) is 15.1. The molecular weight excluding hydrogens is 268 g/mol. The van der Waals surface area contributed by atoms with E-state index < -0.39 is 6.04 Å². The van der Waals surface area contributed by atoms with Crippen molar-refractivity contribution in [2.24, 2.45) is 5.73 Å². The van der Waals surface area contributed by atoms with Gasteiger partial charge in [-0.05, 0) is 30.9 Å². The number of nitrogens with one attached hydrogen (secondary N) is 1. The fourth-order valence-corrected chi connectivity index (χ4v) is 2.41. The largest absolute Gasteiger partial charge is 0.383 e. The molecule has 1 saturated heterocycles. The van der Waals surface area contributed by atoms with Gasteiger partial charge in [0.1, 0.15) is 11.9 Å². The second-order valence-electron chi connectivity index (χ2n) is 5.35. The third-order valence-corrected chi connectivity index (χ3v) is 3.64. The minimum absolute atomic E-state index is 0.211. The molecule has 1 aromatic rings. The number of hydrogen-bond acceptors (Lipinski definition) is 5. The summed E-state index contributed by atoms with van der Waals surface area (Å²) in [5.41, 5.74) is 6.62. The Labute approximate surface area is 125 Å². The molecule has 2 rings (SSSR count). The third-order valence-electron chi connectivity index (χ3n) is 3.64. The molecule has 1 unspecified atom stereocenters. The quantitative estimate of drug-likeness (QED) is 0.805. The summed E-state index contributed by atoms with van der Waals surface area (Å²) in [5, 5.41) is 2.78. The van der Waals surface area contributed by atoms with Crippen LogP contribution in [0.3, 0.4) is 0 Å². The lowest BCUT2D eigenvalue weighted by atomic mass is 10.1. The van der Waals surface area contributed by atoms with Gasteiger partial charge in [-0.25, -0.2) is 4.98 Å². The second-order valence-corrected chi connectivity index (χ2v) is 5.35. The highest BCUT2D eigenvalue weighted by Gasteiger charge is 2.13. The Morgan fingerprint density at radius 3 is 2.81 bits per heavy atom. The number of methoxy groups -OCH3 is 1. The third kappa shape index (κ3) is 4.68. The minimum atomic E-state index is -0.629. The van der Waals surface area contributed by atoms with Crippen LogP contribution >= 0.6 is 0 Å². The maximum atomic E-state index is 11.7. The molecule has 6 nitrogen and oxygen atoms in total. The summed E-state index contributed by atoms with van der Waals surface area (Å²) in [6, 6.07) is 3.39. The van der Waals surface area contributed by atoms with Gasteiger partial charge < -0.3 is 20.7 Å². The standard InChI is InChI=1S/C15H24N4O2/c1-21-11-13(16)15(20)18-10-12-5-6-14(17-9-12)19-7-3-2-4-8-19/h5-6,9,13H,2-4,7-8,10-11,16H2,1H3,(H,18,20). The van der Waals surface area contributed by atoms with E-state index in [-0.39, 0.29) is 12.5 Å². The van der Waals surface area contributed by atoms with E-state index in [0.717, 1.165) is 24.5 Å². The number of aromatic nitrogens is 1. The molecule has 0 spiro atoms. The van der Waals surface area contributed by atoms with Crippen LogP contribution < -0.4 is 16.0 Å². The van der Waals surface area contributed by atoms with Gasteiger partial charge >= 0.3 is 0 Å². The Morgan fingerprint density at radius 2 is 2.19 bits per heavy atom. The van der Waals surface area contributed by atoms with Gasteiger partial charge in [-0.1, -0.05) is 6.07 Å². The molecule has 21 heavy (non-hydrogen) atoms. The van der Waals surface area contributed by atoms with Crippen LogP contribution in [0.5, 0.6) is 0 Å². The van der Waals surface area contributed by atoms with Gasteiger partial charge in [-0.15, -0.1) is 0 Å². The monoisotopic (exact) mass is 292 g/mol. The van der Waals surface area contributed by atoms with Crippen LogP contribution in [0.2, 0.25) is 0 Å². The number of ether oxygens (including phenoxy) is 1. The van der Waals surface area contributed by atoms with Crippen molar-refractivity contribution < 1.29 is 9.53 Å². The molecule has 2 heterocycles. The molecule has 0 aliphatic carbocycles. The van der Waals surface area contributed by atoms with Crippen LogP contribution in [0.4, 0.5) is 5.82 Å². The predicted octanol–water partition coefficient (Wildman–Crippen LogP) is 0.662. The smallest absolute Gasteiger partial charge is 0.239 e. The van der Waals surface area contributed by atoms with Crippen molar-refractivity contribution in [1.29, 1.82) is 0 Å². The number of nitrogens with zero attached hydrogens (tertiary/aromatic N) is 2. The number of carbonyl (C=O) groups excluding carboxylic acids is 1. The van der Waals surface area contributed by atoms with Crippen molar-refractivity contribution in [3.05, 3.63) is 23.9 Å². The Hall–Kier alpha value is -1.66. The van der Waals surface area contributed by atoms with Crippen molar-refractivity contribution in [3.63, 3.8) is 0 Å². The topological polar surface area (TPSA) is 80.5 Å². The minimum Gasteiger partial charge on any atom is -0.383 e. The van der Waals surface area contributed by atoms with Gasteiger partial charge in [0.05, 0.1) is 6.61 Å². The molecular formula is C15H24N4O2. The molecule has 6 heteroatoms. The first-order valence-corrected chi connectivity index (χ1v) is 7.43. The highest BCUT2D eigenvalue weighted by atomic mass is 16.5. The number of hydrogen-bond donors (Lipinski definition) is 2. The Balaban J connectivity index is 1.83. The number of rotatable bonds is 6. The van der Waals surface area contributed by atoms with Crippen LogP contribution in [-0.4, -0.2) is 43.7 Å². The summed E-state index contributed by atoms with van der Waals surface area (Å²) in [6.45, 7) is 2.81. The predicted molar refractivity (Wildman–Crippen MR) is 82.0 cm³/mol. The number of anilines is 1. The lowest BCUT2D eigenvalue weighted by Crippen LogP contribution is -2.43. The van der Waals surface area contributed by atoms with Gasteiger partial charge in [0.15, 0.2) is 0 Å². The fourth-order valence-electron chi connectivity index (χ4n) is 2.41. The molecule has 0 saturated carbocycles. The molecule has 1 amide bonds. The van der Waals surface area contributed by atoms with E-state index in [1.54, 1.807) is 0 Å². The molecule has 3 N–H and O–H groups in total. The Bertz CT molecular complexity index is 443. The van der Waals surface area contributed by atoms with E-state index >= 15 is 0 Å². The molecule has 1 aliphatic rings. The first-order chi connectivity index (χ1) is 10.2. The summed E-state index contributed by atoms with van der Waals surface area (Å²) in [5.74, 6) is 0.804. The molecule has 1 aliphatic heterocycles. The first-order valence-electron chi connectivity index (χ1n) is 7.43.